The molecule has 6 nitrogen and oxygen atoms in total. The van der Waals surface area contributed by atoms with Gasteiger partial charge in [-0.25, -0.2) is 22.2 Å². The minimum Gasteiger partial charge on any atom is -0.370 e. The molecule has 0 amide bonds. The topological polar surface area (TPSA) is 87.8 Å². The molecule has 0 saturated carbocycles. The summed E-state index contributed by atoms with van der Waals surface area (Å²) < 4.78 is 56.5. The standard InChI is InChI=1S/C26H21ClF2N4O2S/c27-19-7-9-22(10-8-19)36(34,35)33-14-18(11-16-3-1-5-20(28)12-16)25-23(15-33)24(31-26(30)32-25)17-4-2-6-21(29)13-17/h1-13,24H,14-15H2,(H3,30,31,32)/b18-11+. The zero-order chi connectivity index (χ0) is 25.4. The summed E-state index contributed by atoms with van der Waals surface area (Å²) in [5.41, 5.74) is 8.92. The van der Waals surface area contributed by atoms with Crippen molar-refractivity contribution in [1.29, 1.82) is 0 Å². The number of hydrogen-bond acceptors (Lipinski definition) is 5. The van der Waals surface area contributed by atoms with Gasteiger partial charge in [0, 0.05) is 23.8 Å². The van der Waals surface area contributed by atoms with Crippen molar-refractivity contribution in [3.63, 3.8) is 0 Å². The second kappa shape index (κ2) is 9.50. The lowest BCUT2D eigenvalue weighted by atomic mass is 9.90. The van der Waals surface area contributed by atoms with Crippen LogP contribution in [0, 0.1) is 11.6 Å². The van der Waals surface area contributed by atoms with Crippen LogP contribution in [0.3, 0.4) is 0 Å². The molecule has 0 saturated heterocycles. The van der Waals surface area contributed by atoms with Crippen molar-refractivity contribution in [3.8, 4) is 0 Å². The van der Waals surface area contributed by atoms with Crippen LogP contribution >= 0.6 is 11.6 Å². The quantitative estimate of drug-likeness (QED) is 0.519. The lowest BCUT2D eigenvalue weighted by Crippen LogP contribution is -2.46. The number of rotatable bonds is 4. The Balaban J connectivity index is 1.65. The maximum absolute atomic E-state index is 14.1. The van der Waals surface area contributed by atoms with E-state index in [9.17, 15) is 17.2 Å². The van der Waals surface area contributed by atoms with Crippen LogP contribution in [-0.2, 0) is 10.0 Å². The van der Waals surface area contributed by atoms with Gasteiger partial charge in [0.2, 0.25) is 10.0 Å². The smallest absolute Gasteiger partial charge is 0.243 e. The lowest BCUT2D eigenvalue weighted by molar-refractivity contribution is 0.436. The van der Waals surface area contributed by atoms with Gasteiger partial charge in [-0.15, -0.1) is 0 Å². The Kier molecular flexibility index (Phi) is 6.38. The van der Waals surface area contributed by atoms with Gasteiger partial charge in [-0.1, -0.05) is 35.9 Å². The molecule has 0 bridgehead atoms. The van der Waals surface area contributed by atoms with Gasteiger partial charge in [-0.05, 0) is 76.9 Å². The van der Waals surface area contributed by atoms with Gasteiger partial charge < -0.3 is 11.1 Å². The van der Waals surface area contributed by atoms with E-state index >= 15 is 0 Å². The zero-order valence-corrected chi connectivity index (χ0v) is 20.4. The first-order valence-corrected chi connectivity index (χ1v) is 12.8. The summed E-state index contributed by atoms with van der Waals surface area (Å²) in [7, 11) is -3.95. The molecule has 3 aromatic carbocycles. The Morgan fingerprint density at radius 2 is 1.69 bits per heavy atom. The Morgan fingerprint density at radius 3 is 2.39 bits per heavy atom. The van der Waals surface area contributed by atoms with Gasteiger partial charge in [0.25, 0.3) is 0 Å². The molecule has 3 N–H and O–H groups in total. The minimum atomic E-state index is -3.95. The summed E-state index contributed by atoms with van der Waals surface area (Å²) in [5, 5.41) is 3.46. The molecule has 0 spiro atoms. The molecular weight excluding hydrogens is 506 g/mol. The summed E-state index contributed by atoms with van der Waals surface area (Å²) in [4.78, 5) is 4.55. The van der Waals surface area contributed by atoms with Crippen molar-refractivity contribution in [2.45, 2.75) is 10.9 Å². The lowest BCUT2D eigenvalue weighted by Gasteiger charge is -2.37. The first kappa shape index (κ1) is 24.2. The minimum absolute atomic E-state index is 0.00351. The van der Waals surface area contributed by atoms with E-state index in [4.69, 9.17) is 17.3 Å². The molecule has 2 aliphatic heterocycles. The van der Waals surface area contributed by atoms with Crippen molar-refractivity contribution in [3.05, 3.63) is 117 Å². The number of nitrogens with one attached hydrogen (secondary N) is 1. The molecule has 0 aliphatic carbocycles. The van der Waals surface area contributed by atoms with E-state index in [0.29, 0.717) is 33.0 Å². The summed E-state index contributed by atoms with van der Waals surface area (Å²) in [6, 6.07) is 17.1. The first-order valence-electron chi connectivity index (χ1n) is 11.0. The fraction of sp³-hybridized carbons (Fsp3) is 0.115. The van der Waals surface area contributed by atoms with E-state index in [1.807, 2.05) is 0 Å². The van der Waals surface area contributed by atoms with Gasteiger partial charge in [0.1, 0.15) is 17.7 Å². The van der Waals surface area contributed by atoms with Crippen LogP contribution in [0.15, 0.2) is 99.5 Å². The summed E-state index contributed by atoms with van der Waals surface area (Å²) in [5.74, 6) is -0.753. The van der Waals surface area contributed by atoms with Gasteiger partial charge in [0.15, 0.2) is 5.96 Å². The molecule has 3 aromatic rings. The fourth-order valence-corrected chi connectivity index (χ4v) is 5.88. The van der Waals surface area contributed by atoms with E-state index in [1.54, 1.807) is 30.3 Å². The number of nitrogens with two attached hydrogens (primary N) is 1. The van der Waals surface area contributed by atoms with Crippen molar-refractivity contribution in [2.24, 2.45) is 10.7 Å². The number of sulfonamides is 1. The van der Waals surface area contributed by atoms with Gasteiger partial charge >= 0.3 is 0 Å². The first-order chi connectivity index (χ1) is 17.2. The molecule has 2 aliphatic rings. The van der Waals surface area contributed by atoms with Gasteiger partial charge in [-0.3, -0.25) is 0 Å². The molecule has 36 heavy (non-hydrogen) atoms. The average Bonchev–Trinajstić information content (AvgIpc) is 2.84. The van der Waals surface area contributed by atoms with E-state index in [0.717, 1.165) is 0 Å². The molecule has 5 rings (SSSR count). The highest BCUT2D eigenvalue weighted by atomic mass is 35.5. The summed E-state index contributed by atoms with van der Waals surface area (Å²) in [6.45, 7) is -0.0117. The highest BCUT2D eigenvalue weighted by molar-refractivity contribution is 7.89. The summed E-state index contributed by atoms with van der Waals surface area (Å²) >= 11 is 5.96. The Hall–Kier alpha value is -3.53. The summed E-state index contributed by atoms with van der Waals surface area (Å²) in [6.07, 6.45) is 1.70. The second-order valence-corrected chi connectivity index (χ2v) is 10.8. The SMILES string of the molecule is NC1=NC(c2cccc(F)c2)C2=C(N1)/C(=C/c1cccc(F)c1)CN(S(=O)(=O)c1ccc(Cl)cc1)C2. The maximum atomic E-state index is 14.1. The van der Waals surface area contributed by atoms with E-state index in [2.05, 4.69) is 10.3 Å². The molecule has 0 aromatic heterocycles. The highest BCUT2D eigenvalue weighted by Gasteiger charge is 2.37. The van der Waals surface area contributed by atoms with E-state index in [1.165, 1.54) is 52.8 Å². The second-order valence-electron chi connectivity index (χ2n) is 8.45. The molecule has 184 valence electrons. The average molecular weight is 527 g/mol. The normalized spacial score (nSPS) is 19.6. The number of nitrogens with zero attached hydrogens (tertiary/aromatic N) is 2. The Labute approximate surface area is 212 Å². The Morgan fingerprint density at radius 1 is 1.00 bits per heavy atom. The highest BCUT2D eigenvalue weighted by Crippen LogP contribution is 2.38. The maximum Gasteiger partial charge on any atom is 0.243 e. The third-order valence-electron chi connectivity index (χ3n) is 5.99. The van der Waals surface area contributed by atoms with Crippen molar-refractivity contribution in [1.82, 2.24) is 9.62 Å². The van der Waals surface area contributed by atoms with Crippen LogP contribution in [0.2, 0.25) is 5.02 Å². The fourth-order valence-electron chi connectivity index (χ4n) is 4.35. The predicted octanol–water partition coefficient (Wildman–Crippen LogP) is 4.62. The molecular formula is C26H21ClF2N4O2S. The molecule has 2 heterocycles. The van der Waals surface area contributed by atoms with E-state index in [-0.39, 0.29) is 23.9 Å². The number of halogens is 3. The van der Waals surface area contributed by atoms with Crippen LogP contribution in [-0.4, -0.2) is 31.8 Å². The molecule has 1 atom stereocenters. The molecule has 1 unspecified atom stereocenters. The van der Waals surface area contributed by atoms with Crippen LogP contribution in [0.1, 0.15) is 17.2 Å². The Bertz CT molecular complexity index is 1540. The number of aliphatic imine (C=N–C) groups is 1. The van der Waals surface area contributed by atoms with E-state index < -0.39 is 27.7 Å². The zero-order valence-electron chi connectivity index (χ0n) is 18.8. The van der Waals surface area contributed by atoms with Crippen LogP contribution in [0.5, 0.6) is 0 Å². The predicted molar refractivity (Wildman–Crippen MR) is 136 cm³/mol. The number of benzene rings is 3. The van der Waals surface area contributed by atoms with Crippen LogP contribution in [0.4, 0.5) is 8.78 Å². The van der Waals surface area contributed by atoms with Crippen LogP contribution < -0.4 is 11.1 Å². The van der Waals surface area contributed by atoms with Crippen molar-refractivity contribution >= 4 is 33.7 Å². The number of guanidine groups is 1. The molecule has 10 heteroatoms. The largest absolute Gasteiger partial charge is 0.370 e. The molecule has 0 fully saturated rings. The molecule has 0 radical (unpaired) electrons. The van der Waals surface area contributed by atoms with Crippen molar-refractivity contribution < 1.29 is 17.2 Å². The third-order valence-corrected chi connectivity index (χ3v) is 8.05. The van der Waals surface area contributed by atoms with Crippen LogP contribution in [0.25, 0.3) is 6.08 Å². The third kappa shape index (κ3) is 4.77. The van der Waals surface area contributed by atoms with Gasteiger partial charge in [-0.2, -0.15) is 4.31 Å². The monoisotopic (exact) mass is 526 g/mol. The van der Waals surface area contributed by atoms with Gasteiger partial charge in [0.05, 0.1) is 4.90 Å². The number of hydrogen-bond donors (Lipinski definition) is 2. The van der Waals surface area contributed by atoms with Crippen molar-refractivity contribution in [2.75, 3.05) is 13.1 Å².